The van der Waals surface area contributed by atoms with Crippen LogP contribution in [0.3, 0.4) is 0 Å². The third kappa shape index (κ3) is 4.46. The lowest BCUT2D eigenvalue weighted by Gasteiger charge is -2.08. The van der Waals surface area contributed by atoms with Gasteiger partial charge in [0.15, 0.2) is 5.78 Å². The minimum absolute atomic E-state index is 0.0958. The molecule has 1 aliphatic carbocycles. The summed E-state index contributed by atoms with van der Waals surface area (Å²) >= 11 is 0. The van der Waals surface area contributed by atoms with Crippen LogP contribution in [0.5, 0.6) is 0 Å². The lowest BCUT2D eigenvalue weighted by Crippen LogP contribution is -2.12. The first-order valence-electron chi connectivity index (χ1n) is 11.2. The molecule has 0 unspecified atom stereocenters. The molecule has 0 spiro atoms. The predicted molar refractivity (Wildman–Crippen MR) is 137 cm³/mol. The number of anilines is 2. The smallest absolute Gasteiger partial charge is 0.270 e. The summed E-state index contributed by atoms with van der Waals surface area (Å²) in [5.74, 6) is -1.45. The molecule has 0 heterocycles. The first-order valence-corrected chi connectivity index (χ1v) is 11.2. The third-order valence-electron chi connectivity index (χ3n) is 5.97. The predicted octanol–water partition coefficient (Wildman–Crippen LogP) is 5.22. The van der Waals surface area contributed by atoms with Crippen LogP contribution in [0.4, 0.5) is 22.7 Å². The van der Waals surface area contributed by atoms with Gasteiger partial charge in [0.1, 0.15) is 0 Å². The second-order valence-electron chi connectivity index (χ2n) is 8.37. The summed E-state index contributed by atoms with van der Waals surface area (Å²) in [5, 5.41) is 27.3. The fourth-order valence-corrected chi connectivity index (χ4v) is 4.16. The van der Waals surface area contributed by atoms with Crippen molar-refractivity contribution in [2.24, 2.45) is 0 Å². The van der Waals surface area contributed by atoms with E-state index in [2.05, 4.69) is 10.6 Å². The molecule has 0 aliphatic heterocycles. The number of carbonyl (C=O) groups excluding carboxylic acids is 3. The van der Waals surface area contributed by atoms with Crippen molar-refractivity contribution in [1.82, 2.24) is 0 Å². The molecular formula is C27H16N4O7. The summed E-state index contributed by atoms with van der Waals surface area (Å²) in [6.45, 7) is 0. The zero-order valence-corrected chi connectivity index (χ0v) is 19.3. The van der Waals surface area contributed by atoms with Crippen LogP contribution in [0.25, 0.3) is 11.1 Å². The number of nitrogens with one attached hydrogen (secondary N) is 2. The average Bonchev–Trinajstić information content (AvgIpc) is 3.19. The first kappa shape index (κ1) is 24.0. The highest BCUT2D eigenvalue weighted by Gasteiger charge is 2.28. The van der Waals surface area contributed by atoms with E-state index in [0.717, 1.165) is 12.1 Å². The number of fused-ring (bicyclic) bond motifs is 3. The van der Waals surface area contributed by atoms with Gasteiger partial charge in [-0.1, -0.05) is 24.3 Å². The van der Waals surface area contributed by atoms with Gasteiger partial charge in [0.05, 0.1) is 9.85 Å². The molecule has 2 N–H and O–H groups in total. The molecule has 11 nitrogen and oxygen atoms in total. The van der Waals surface area contributed by atoms with Gasteiger partial charge in [0.25, 0.3) is 23.2 Å². The number of hydrogen-bond acceptors (Lipinski definition) is 7. The van der Waals surface area contributed by atoms with Gasteiger partial charge in [-0.05, 0) is 47.5 Å². The summed E-state index contributed by atoms with van der Waals surface area (Å²) in [6, 6.07) is 20.2. The quantitative estimate of drug-likeness (QED) is 0.235. The topological polar surface area (TPSA) is 162 Å². The monoisotopic (exact) mass is 508 g/mol. The summed E-state index contributed by atoms with van der Waals surface area (Å²) in [5.41, 5.74) is 2.41. The lowest BCUT2D eigenvalue weighted by atomic mass is 10.0. The minimum atomic E-state index is -0.595. The Bertz CT molecular complexity index is 1570. The largest absolute Gasteiger partial charge is 0.322 e. The standard InChI is InChI=1S/C27H16N4O7/c32-25-23-13-17(28-26(33)15-3-1-5-19(11-15)30(35)36)7-9-21(23)22-10-8-18(14-24(22)25)29-27(34)16-4-2-6-20(12-16)31(37)38/h1-14H,(H,28,33)(H,29,34). The zero-order valence-electron chi connectivity index (χ0n) is 19.3. The van der Waals surface area contributed by atoms with Crippen molar-refractivity contribution in [2.45, 2.75) is 0 Å². The van der Waals surface area contributed by atoms with Crippen molar-refractivity contribution >= 4 is 40.3 Å². The molecular weight excluding hydrogens is 492 g/mol. The van der Waals surface area contributed by atoms with Crippen LogP contribution in [0.15, 0.2) is 84.9 Å². The van der Waals surface area contributed by atoms with Crippen LogP contribution in [-0.4, -0.2) is 27.4 Å². The molecule has 5 rings (SSSR count). The van der Waals surface area contributed by atoms with Crippen LogP contribution in [-0.2, 0) is 0 Å². The molecule has 4 aromatic carbocycles. The highest BCUT2D eigenvalue weighted by atomic mass is 16.6. The number of rotatable bonds is 6. The van der Waals surface area contributed by atoms with E-state index >= 15 is 0 Å². The van der Waals surface area contributed by atoms with E-state index in [-0.39, 0.29) is 28.3 Å². The normalized spacial score (nSPS) is 11.3. The number of carbonyl (C=O) groups is 3. The van der Waals surface area contributed by atoms with Crippen molar-refractivity contribution in [1.29, 1.82) is 0 Å². The van der Waals surface area contributed by atoms with Crippen LogP contribution >= 0.6 is 0 Å². The molecule has 1 aliphatic rings. The number of amides is 2. The van der Waals surface area contributed by atoms with E-state index in [1.165, 1.54) is 48.5 Å². The molecule has 38 heavy (non-hydrogen) atoms. The van der Waals surface area contributed by atoms with E-state index in [0.29, 0.717) is 33.6 Å². The molecule has 0 radical (unpaired) electrons. The summed E-state index contributed by atoms with van der Waals surface area (Å²) in [4.78, 5) is 59.2. The van der Waals surface area contributed by atoms with E-state index in [4.69, 9.17) is 0 Å². The molecule has 11 heteroatoms. The molecule has 2 amide bonds. The molecule has 0 atom stereocenters. The Kier molecular flexibility index (Phi) is 5.93. The number of ketones is 1. The van der Waals surface area contributed by atoms with Gasteiger partial charge in [0.2, 0.25) is 0 Å². The average molecular weight is 508 g/mol. The van der Waals surface area contributed by atoms with Crippen LogP contribution in [0, 0.1) is 20.2 Å². The van der Waals surface area contributed by atoms with Crippen LogP contribution in [0.1, 0.15) is 36.6 Å². The molecule has 0 saturated carbocycles. The number of hydrogen-bond donors (Lipinski definition) is 2. The Morgan fingerprint density at radius 1 is 0.579 bits per heavy atom. The Hall–Kier alpha value is -5.71. The molecule has 0 aromatic heterocycles. The fourth-order valence-electron chi connectivity index (χ4n) is 4.16. The highest BCUT2D eigenvalue weighted by Crippen LogP contribution is 2.39. The van der Waals surface area contributed by atoms with Crippen LogP contribution in [0.2, 0.25) is 0 Å². The molecule has 0 fully saturated rings. The lowest BCUT2D eigenvalue weighted by molar-refractivity contribution is -0.385. The van der Waals surface area contributed by atoms with Crippen molar-refractivity contribution in [3.05, 3.63) is 127 Å². The van der Waals surface area contributed by atoms with Gasteiger partial charge < -0.3 is 10.6 Å². The van der Waals surface area contributed by atoms with Gasteiger partial charge in [-0.25, -0.2) is 0 Å². The van der Waals surface area contributed by atoms with Crippen molar-refractivity contribution < 1.29 is 24.2 Å². The summed E-state index contributed by atoms with van der Waals surface area (Å²) < 4.78 is 0. The molecule has 186 valence electrons. The first-order chi connectivity index (χ1) is 18.2. The maximum Gasteiger partial charge on any atom is 0.270 e. The maximum atomic E-state index is 13.2. The van der Waals surface area contributed by atoms with Crippen molar-refractivity contribution in [3.63, 3.8) is 0 Å². The Morgan fingerprint density at radius 2 is 1.00 bits per heavy atom. The van der Waals surface area contributed by atoms with E-state index < -0.39 is 21.7 Å². The second-order valence-corrected chi connectivity index (χ2v) is 8.37. The number of nitro benzene ring substituents is 2. The van der Waals surface area contributed by atoms with Gasteiger partial charge >= 0.3 is 0 Å². The van der Waals surface area contributed by atoms with Crippen LogP contribution < -0.4 is 10.6 Å². The highest BCUT2D eigenvalue weighted by molar-refractivity contribution is 6.23. The number of nitro groups is 2. The van der Waals surface area contributed by atoms with Gasteiger partial charge in [-0.3, -0.25) is 34.6 Å². The van der Waals surface area contributed by atoms with E-state index in [9.17, 15) is 34.6 Å². The third-order valence-corrected chi connectivity index (χ3v) is 5.97. The SMILES string of the molecule is O=C(Nc1ccc2c(c1)C(=O)c1cc(NC(=O)c3cccc([N+](=O)[O-])c3)ccc1-2)c1cccc([N+](=O)[O-])c1. The number of nitrogens with zero attached hydrogens (tertiary/aromatic N) is 2. The van der Waals surface area contributed by atoms with E-state index in [1.54, 1.807) is 24.3 Å². The van der Waals surface area contributed by atoms with Gasteiger partial charge in [-0.15, -0.1) is 0 Å². The minimum Gasteiger partial charge on any atom is -0.322 e. The molecule has 0 saturated heterocycles. The van der Waals surface area contributed by atoms with Crippen molar-refractivity contribution in [2.75, 3.05) is 10.6 Å². The number of benzene rings is 4. The Balaban J connectivity index is 1.35. The number of non-ortho nitro benzene ring substituents is 2. The fraction of sp³-hybridized carbons (Fsp3) is 0. The van der Waals surface area contributed by atoms with Gasteiger partial charge in [0, 0.05) is 57.9 Å². The Morgan fingerprint density at radius 3 is 1.39 bits per heavy atom. The Labute approximate surface area is 214 Å². The molecule has 0 bridgehead atoms. The van der Waals surface area contributed by atoms with Crippen molar-refractivity contribution in [3.8, 4) is 11.1 Å². The summed E-state index contributed by atoms with van der Waals surface area (Å²) in [6.07, 6.45) is 0. The molecule has 4 aromatic rings. The van der Waals surface area contributed by atoms with E-state index in [1.807, 2.05) is 0 Å². The zero-order chi connectivity index (χ0) is 27.0. The summed E-state index contributed by atoms with van der Waals surface area (Å²) in [7, 11) is 0. The maximum absolute atomic E-state index is 13.2. The second kappa shape index (κ2) is 9.39. The van der Waals surface area contributed by atoms with Gasteiger partial charge in [-0.2, -0.15) is 0 Å².